The van der Waals surface area contributed by atoms with Crippen LogP contribution in [0.25, 0.3) is 6.08 Å². The van der Waals surface area contributed by atoms with Crippen LogP contribution in [0.4, 0.5) is 0 Å². The van der Waals surface area contributed by atoms with E-state index in [1.807, 2.05) is 31.2 Å². The van der Waals surface area contributed by atoms with E-state index in [2.05, 4.69) is 5.32 Å². The van der Waals surface area contributed by atoms with E-state index in [0.29, 0.717) is 39.1 Å². The standard InChI is InChI=1S/C22H21NO4S2/c1-3-4-17-18(10-9-16(13(2)24)20(17)25)27-12-15-7-5-14(6-8-15)11-19-21(26)23-22(28)29-19/h5-11,25H,3-4,12H2,1-2H3,(H,23,26,28). The molecule has 2 aromatic carbocycles. The summed E-state index contributed by atoms with van der Waals surface area (Å²) >= 11 is 6.24. The van der Waals surface area contributed by atoms with Crippen LogP contribution in [0, 0.1) is 0 Å². The molecule has 0 bridgehead atoms. The van der Waals surface area contributed by atoms with Gasteiger partial charge in [0.2, 0.25) is 0 Å². The molecule has 1 fully saturated rings. The zero-order valence-corrected chi connectivity index (χ0v) is 17.8. The minimum absolute atomic E-state index is 0.00378. The summed E-state index contributed by atoms with van der Waals surface area (Å²) in [5, 5.41) is 13.0. The summed E-state index contributed by atoms with van der Waals surface area (Å²) in [6, 6.07) is 11.0. The van der Waals surface area contributed by atoms with Gasteiger partial charge in [-0.25, -0.2) is 0 Å². The second-order valence-corrected chi connectivity index (χ2v) is 8.35. The minimum Gasteiger partial charge on any atom is -0.507 e. The zero-order chi connectivity index (χ0) is 21.0. The molecular formula is C22H21NO4S2. The number of carbonyl (C=O) groups is 2. The van der Waals surface area contributed by atoms with Crippen molar-refractivity contribution in [1.29, 1.82) is 0 Å². The molecule has 0 spiro atoms. The summed E-state index contributed by atoms with van der Waals surface area (Å²) in [6.07, 6.45) is 3.24. The highest BCUT2D eigenvalue weighted by molar-refractivity contribution is 8.26. The average molecular weight is 428 g/mol. The molecule has 0 aromatic heterocycles. The number of ether oxygens (including phenoxy) is 1. The average Bonchev–Trinajstić information content (AvgIpc) is 3.00. The van der Waals surface area contributed by atoms with Gasteiger partial charge in [-0.15, -0.1) is 0 Å². The first-order valence-electron chi connectivity index (χ1n) is 9.21. The number of rotatable bonds is 7. The third-order valence-corrected chi connectivity index (χ3v) is 5.60. The van der Waals surface area contributed by atoms with Crippen LogP contribution < -0.4 is 10.1 Å². The quantitative estimate of drug-likeness (QED) is 0.382. The van der Waals surface area contributed by atoms with E-state index in [1.165, 1.54) is 18.7 Å². The number of carbonyl (C=O) groups excluding carboxylic acids is 2. The normalized spacial score (nSPS) is 14.9. The lowest BCUT2D eigenvalue weighted by Crippen LogP contribution is -2.17. The number of amides is 1. The number of ketones is 1. The van der Waals surface area contributed by atoms with Gasteiger partial charge in [-0.05, 0) is 42.7 Å². The SMILES string of the molecule is CCCc1c(OCc2ccc(C=C3SC(=S)NC3=O)cc2)ccc(C(C)=O)c1O. The summed E-state index contributed by atoms with van der Waals surface area (Å²) in [5.74, 6) is 0.229. The zero-order valence-electron chi connectivity index (χ0n) is 16.2. The van der Waals surface area contributed by atoms with Crippen LogP contribution >= 0.6 is 24.0 Å². The number of nitrogens with one attached hydrogen (secondary N) is 1. The van der Waals surface area contributed by atoms with Gasteiger partial charge in [-0.1, -0.05) is 61.6 Å². The highest BCUT2D eigenvalue weighted by Gasteiger charge is 2.21. The topological polar surface area (TPSA) is 75.6 Å². The minimum atomic E-state index is -0.176. The van der Waals surface area contributed by atoms with Crippen LogP contribution in [-0.4, -0.2) is 21.1 Å². The summed E-state index contributed by atoms with van der Waals surface area (Å²) in [4.78, 5) is 24.0. The van der Waals surface area contributed by atoms with Crippen molar-refractivity contribution < 1.29 is 19.4 Å². The second kappa shape index (κ2) is 9.24. The fourth-order valence-electron chi connectivity index (χ4n) is 2.97. The number of hydrogen-bond acceptors (Lipinski definition) is 6. The number of phenolic OH excluding ortho intramolecular Hbond substituents is 1. The smallest absolute Gasteiger partial charge is 0.263 e. The molecule has 0 radical (unpaired) electrons. The van der Waals surface area contributed by atoms with E-state index in [9.17, 15) is 14.7 Å². The molecule has 0 aliphatic carbocycles. The van der Waals surface area contributed by atoms with Gasteiger partial charge in [-0.2, -0.15) is 0 Å². The lowest BCUT2D eigenvalue weighted by Gasteiger charge is -2.15. The maximum absolute atomic E-state index is 11.7. The maximum Gasteiger partial charge on any atom is 0.263 e. The van der Waals surface area contributed by atoms with Gasteiger partial charge < -0.3 is 15.2 Å². The van der Waals surface area contributed by atoms with Crippen molar-refractivity contribution in [2.24, 2.45) is 0 Å². The Morgan fingerprint density at radius 3 is 2.55 bits per heavy atom. The largest absolute Gasteiger partial charge is 0.507 e. The predicted octanol–water partition coefficient (Wildman–Crippen LogP) is 4.62. The Morgan fingerprint density at radius 1 is 1.24 bits per heavy atom. The Balaban J connectivity index is 1.72. The van der Waals surface area contributed by atoms with Gasteiger partial charge in [0, 0.05) is 5.56 Å². The number of phenols is 1. The number of thioether (sulfide) groups is 1. The molecule has 0 atom stereocenters. The molecule has 1 aliphatic heterocycles. The van der Waals surface area contributed by atoms with Gasteiger partial charge in [0.15, 0.2) is 5.78 Å². The number of thiocarbonyl (C=S) groups is 1. The summed E-state index contributed by atoms with van der Waals surface area (Å²) in [6.45, 7) is 3.77. The van der Waals surface area contributed by atoms with Gasteiger partial charge in [0.05, 0.1) is 10.5 Å². The van der Waals surface area contributed by atoms with Gasteiger partial charge >= 0.3 is 0 Å². The summed E-state index contributed by atoms with van der Waals surface area (Å²) in [7, 11) is 0. The Labute approximate surface area is 179 Å². The number of aromatic hydroxyl groups is 1. The van der Waals surface area contributed by atoms with Gasteiger partial charge in [0.1, 0.15) is 22.4 Å². The van der Waals surface area contributed by atoms with E-state index in [0.717, 1.165) is 17.5 Å². The molecule has 2 N–H and O–H groups in total. The van der Waals surface area contributed by atoms with Crippen molar-refractivity contribution in [1.82, 2.24) is 5.32 Å². The molecule has 3 rings (SSSR count). The van der Waals surface area contributed by atoms with Crippen molar-refractivity contribution in [3.05, 3.63) is 63.6 Å². The van der Waals surface area contributed by atoms with Gasteiger partial charge in [0.25, 0.3) is 5.91 Å². The number of benzene rings is 2. The van der Waals surface area contributed by atoms with E-state index < -0.39 is 0 Å². The lowest BCUT2D eigenvalue weighted by molar-refractivity contribution is -0.115. The van der Waals surface area contributed by atoms with Crippen LogP contribution in [0.3, 0.4) is 0 Å². The first-order chi connectivity index (χ1) is 13.9. The van der Waals surface area contributed by atoms with Crippen LogP contribution in [-0.2, 0) is 17.8 Å². The molecule has 1 aliphatic rings. The van der Waals surface area contributed by atoms with Crippen molar-refractivity contribution in [2.75, 3.05) is 0 Å². The van der Waals surface area contributed by atoms with E-state index >= 15 is 0 Å². The molecule has 2 aromatic rings. The molecule has 150 valence electrons. The molecular weight excluding hydrogens is 406 g/mol. The summed E-state index contributed by atoms with van der Waals surface area (Å²) < 4.78 is 6.39. The third kappa shape index (κ3) is 5.05. The van der Waals surface area contributed by atoms with E-state index in [-0.39, 0.29) is 17.4 Å². The predicted molar refractivity (Wildman–Crippen MR) is 119 cm³/mol. The molecule has 29 heavy (non-hydrogen) atoms. The van der Waals surface area contributed by atoms with Crippen molar-refractivity contribution in [3.63, 3.8) is 0 Å². The third-order valence-electron chi connectivity index (χ3n) is 4.43. The Hall–Kier alpha value is -2.64. The van der Waals surface area contributed by atoms with Gasteiger partial charge in [-0.3, -0.25) is 9.59 Å². The van der Waals surface area contributed by atoms with Crippen LogP contribution in [0.5, 0.6) is 11.5 Å². The first kappa shape index (κ1) is 21.1. The molecule has 5 nitrogen and oxygen atoms in total. The number of Topliss-reactive ketones (excluding diaryl/α,β-unsaturated/α-hetero) is 1. The van der Waals surface area contributed by atoms with Crippen LogP contribution in [0.2, 0.25) is 0 Å². The van der Waals surface area contributed by atoms with Crippen molar-refractivity contribution in [2.45, 2.75) is 33.3 Å². The van der Waals surface area contributed by atoms with E-state index in [4.69, 9.17) is 17.0 Å². The Kier molecular flexibility index (Phi) is 6.71. The fraction of sp³-hybridized carbons (Fsp3) is 0.227. The molecule has 1 amide bonds. The lowest BCUT2D eigenvalue weighted by atomic mass is 10.0. The Bertz CT molecular complexity index is 997. The van der Waals surface area contributed by atoms with Crippen LogP contribution in [0.15, 0.2) is 41.3 Å². The molecule has 0 saturated carbocycles. The van der Waals surface area contributed by atoms with Crippen molar-refractivity contribution >= 4 is 46.1 Å². The highest BCUT2D eigenvalue weighted by atomic mass is 32.2. The molecule has 0 unspecified atom stereocenters. The number of hydrogen-bond donors (Lipinski definition) is 2. The Morgan fingerprint density at radius 2 is 1.97 bits per heavy atom. The van der Waals surface area contributed by atoms with E-state index in [1.54, 1.807) is 18.2 Å². The molecule has 1 saturated heterocycles. The second-order valence-electron chi connectivity index (χ2n) is 6.63. The fourth-order valence-corrected chi connectivity index (χ4v) is 4.02. The van der Waals surface area contributed by atoms with Crippen molar-refractivity contribution in [3.8, 4) is 11.5 Å². The van der Waals surface area contributed by atoms with Crippen LogP contribution in [0.1, 0.15) is 47.3 Å². The highest BCUT2D eigenvalue weighted by Crippen LogP contribution is 2.33. The molecule has 1 heterocycles. The monoisotopic (exact) mass is 427 g/mol. The molecule has 7 heteroatoms. The summed E-state index contributed by atoms with van der Waals surface area (Å²) in [5.41, 5.74) is 2.81. The maximum atomic E-state index is 11.7. The first-order valence-corrected chi connectivity index (χ1v) is 10.4.